The molecule has 3 nitrogen and oxygen atoms in total. The second-order valence-electron chi connectivity index (χ2n) is 5.62. The van der Waals surface area contributed by atoms with E-state index in [-0.39, 0.29) is 0 Å². The van der Waals surface area contributed by atoms with E-state index in [0.717, 1.165) is 22.9 Å². The molecule has 0 atom stereocenters. The van der Waals surface area contributed by atoms with Crippen LogP contribution in [0, 0.1) is 13.8 Å². The van der Waals surface area contributed by atoms with Gasteiger partial charge in [0.2, 0.25) is 0 Å². The summed E-state index contributed by atoms with van der Waals surface area (Å²) in [5, 5.41) is 3.21. The monoisotopic (exact) mass is 324 g/mol. The van der Waals surface area contributed by atoms with Crippen LogP contribution < -0.4 is 10.5 Å². The van der Waals surface area contributed by atoms with E-state index >= 15 is 0 Å². The zero-order valence-corrected chi connectivity index (χ0v) is 14.2. The van der Waals surface area contributed by atoms with Gasteiger partial charge >= 0.3 is 0 Å². The molecule has 3 aromatic rings. The van der Waals surface area contributed by atoms with Crippen molar-refractivity contribution in [2.75, 3.05) is 12.3 Å². The first kappa shape index (κ1) is 15.6. The van der Waals surface area contributed by atoms with Crippen LogP contribution in [-0.2, 0) is 6.42 Å². The van der Waals surface area contributed by atoms with Gasteiger partial charge in [0.1, 0.15) is 5.75 Å². The summed E-state index contributed by atoms with van der Waals surface area (Å²) < 4.78 is 5.73. The molecule has 1 heterocycles. The molecule has 0 aliphatic rings. The Hall–Kier alpha value is -2.33. The van der Waals surface area contributed by atoms with E-state index in [1.54, 1.807) is 11.3 Å². The number of aromatic nitrogens is 1. The molecule has 2 N–H and O–H groups in total. The molecule has 3 rings (SSSR count). The predicted octanol–water partition coefficient (Wildman–Crippen LogP) is 4.63. The Morgan fingerprint density at radius 2 is 2.00 bits per heavy atom. The van der Waals surface area contributed by atoms with Crippen LogP contribution in [0.15, 0.2) is 47.8 Å². The van der Waals surface area contributed by atoms with Crippen LogP contribution in [0.2, 0.25) is 0 Å². The maximum absolute atomic E-state index is 5.74. The Kier molecular flexibility index (Phi) is 4.63. The standard InChI is InChI=1S/C19H20N2OS/c1-13-6-7-17(14(2)10-13)18-12-23-19(21-18)8-9-22-16-5-3-4-15(20)11-16/h3-7,10-12H,8-9,20H2,1-2H3. The zero-order valence-electron chi connectivity index (χ0n) is 13.4. The van der Waals surface area contributed by atoms with Gasteiger partial charge in [-0.05, 0) is 31.5 Å². The number of hydrogen-bond acceptors (Lipinski definition) is 4. The molecule has 23 heavy (non-hydrogen) atoms. The van der Waals surface area contributed by atoms with Crippen LogP contribution in [0.3, 0.4) is 0 Å². The van der Waals surface area contributed by atoms with Crippen molar-refractivity contribution in [2.24, 2.45) is 0 Å². The summed E-state index contributed by atoms with van der Waals surface area (Å²) in [5.41, 5.74) is 11.2. The molecule has 0 radical (unpaired) electrons. The van der Waals surface area contributed by atoms with Crippen LogP contribution in [0.1, 0.15) is 16.1 Å². The Labute approximate surface area is 140 Å². The summed E-state index contributed by atoms with van der Waals surface area (Å²) in [7, 11) is 0. The molecular formula is C19H20N2OS. The average molecular weight is 324 g/mol. The highest BCUT2D eigenvalue weighted by molar-refractivity contribution is 7.09. The number of nitrogens with zero attached hydrogens (tertiary/aromatic N) is 1. The fourth-order valence-electron chi connectivity index (χ4n) is 2.51. The average Bonchev–Trinajstić information content (AvgIpc) is 2.96. The van der Waals surface area contributed by atoms with Gasteiger partial charge in [-0.1, -0.05) is 29.8 Å². The molecule has 0 spiro atoms. The smallest absolute Gasteiger partial charge is 0.121 e. The minimum Gasteiger partial charge on any atom is -0.493 e. The lowest BCUT2D eigenvalue weighted by Crippen LogP contribution is -2.01. The topological polar surface area (TPSA) is 48.1 Å². The highest BCUT2D eigenvalue weighted by Crippen LogP contribution is 2.26. The number of nitrogen functional groups attached to an aromatic ring is 1. The number of anilines is 1. The van der Waals surface area contributed by atoms with E-state index in [1.807, 2.05) is 24.3 Å². The normalized spacial score (nSPS) is 10.7. The van der Waals surface area contributed by atoms with E-state index in [2.05, 4.69) is 37.4 Å². The third-order valence-corrected chi connectivity index (χ3v) is 4.56. The van der Waals surface area contributed by atoms with E-state index in [0.29, 0.717) is 12.3 Å². The highest BCUT2D eigenvalue weighted by Gasteiger charge is 2.07. The maximum atomic E-state index is 5.74. The van der Waals surface area contributed by atoms with Gasteiger partial charge in [0.15, 0.2) is 0 Å². The summed E-state index contributed by atoms with van der Waals surface area (Å²) in [6.45, 7) is 4.84. The summed E-state index contributed by atoms with van der Waals surface area (Å²) in [4.78, 5) is 4.73. The number of benzene rings is 2. The van der Waals surface area contributed by atoms with Crippen molar-refractivity contribution in [3.63, 3.8) is 0 Å². The minimum atomic E-state index is 0.600. The van der Waals surface area contributed by atoms with Crippen molar-refractivity contribution in [3.8, 4) is 17.0 Å². The van der Waals surface area contributed by atoms with Gasteiger partial charge in [0.05, 0.1) is 17.3 Å². The molecule has 0 unspecified atom stereocenters. The molecule has 0 saturated heterocycles. The number of ether oxygens (including phenoxy) is 1. The summed E-state index contributed by atoms with van der Waals surface area (Å²) in [5.74, 6) is 0.802. The van der Waals surface area contributed by atoms with Crippen LogP contribution >= 0.6 is 11.3 Å². The lowest BCUT2D eigenvalue weighted by Gasteiger charge is -2.05. The fraction of sp³-hybridized carbons (Fsp3) is 0.211. The third-order valence-electron chi connectivity index (χ3n) is 3.65. The first-order valence-corrected chi connectivity index (χ1v) is 8.50. The van der Waals surface area contributed by atoms with Gasteiger partial charge in [-0.2, -0.15) is 0 Å². The highest BCUT2D eigenvalue weighted by atomic mass is 32.1. The molecule has 0 fully saturated rings. The molecule has 0 amide bonds. The number of thiazole rings is 1. The number of aryl methyl sites for hydroxylation is 2. The number of rotatable bonds is 5. The summed E-state index contributed by atoms with van der Waals surface area (Å²) in [6.07, 6.45) is 0.796. The lowest BCUT2D eigenvalue weighted by atomic mass is 10.0. The quantitative estimate of drug-likeness (QED) is 0.696. The number of nitrogens with two attached hydrogens (primary N) is 1. The maximum Gasteiger partial charge on any atom is 0.121 e. The van der Waals surface area contributed by atoms with Crippen LogP contribution in [-0.4, -0.2) is 11.6 Å². The van der Waals surface area contributed by atoms with Crippen molar-refractivity contribution in [1.82, 2.24) is 4.98 Å². The molecule has 0 aliphatic heterocycles. The van der Waals surface area contributed by atoms with Crippen molar-refractivity contribution in [1.29, 1.82) is 0 Å². The Balaban J connectivity index is 1.63. The summed E-state index contributed by atoms with van der Waals surface area (Å²) in [6, 6.07) is 14.0. The van der Waals surface area contributed by atoms with E-state index < -0.39 is 0 Å². The largest absolute Gasteiger partial charge is 0.493 e. The molecular weight excluding hydrogens is 304 g/mol. The molecule has 0 aliphatic carbocycles. The first-order chi connectivity index (χ1) is 11.1. The molecule has 1 aromatic heterocycles. The molecule has 4 heteroatoms. The van der Waals surface area contributed by atoms with Crippen LogP contribution in [0.5, 0.6) is 5.75 Å². The van der Waals surface area contributed by atoms with Crippen molar-refractivity contribution >= 4 is 17.0 Å². The van der Waals surface area contributed by atoms with Gasteiger partial charge in [-0.25, -0.2) is 4.98 Å². The molecule has 0 saturated carbocycles. The second kappa shape index (κ2) is 6.84. The molecule has 118 valence electrons. The van der Waals surface area contributed by atoms with Crippen molar-refractivity contribution in [3.05, 3.63) is 64.0 Å². The van der Waals surface area contributed by atoms with Crippen molar-refractivity contribution < 1.29 is 4.74 Å². The molecule has 0 bridgehead atoms. The minimum absolute atomic E-state index is 0.600. The van der Waals surface area contributed by atoms with Crippen molar-refractivity contribution in [2.45, 2.75) is 20.3 Å². The lowest BCUT2D eigenvalue weighted by molar-refractivity contribution is 0.322. The van der Waals surface area contributed by atoms with Gasteiger partial charge in [-0.3, -0.25) is 0 Å². The van der Waals surface area contributed by atoms with Gasteiger partial charge in [0.25, 0.3) is 0 Å². The summed E-state index contributed by atoms with van der Waals surface area (Å²) >= 11 is 1.68. The van der Waals surface area contributed by atoms with Gasteiger partial charge in [0, 0.05) is 29.1 Å². The van der Waals surface area contributed by atoms with Crippen LogP contribution in [0.25, 0.3) is 11.3 Å². The van der Waals surface area contributed by atoms with Gasteiger partial charge in [-0.15, -0.1) is 11.3 Å². The Bertz CT molecular complexity index is 811. The predicted molar refractivity (Wildman–Crippen MR) is 97.1 cm³/mol. The van der Waals surface area contributed by atoms with E-state index in [9.17, 15) is 0 Å². The van der Waals surface area contributed by atoms with Crippen LogP contribution in [0.4, 0.5) is 5.69 Å². The van der Waals surface area contributed by atoms with E-state index in [4.69, 9.17) is 15.5 Å². The Morgan fingerprint density at radius 3 is 2.78 bits per heavy atom. The first-order valence-electron chi connectivity index (χ1n) is 7.62. The van der Waals surface area contributed by atoms with Gasteiger partial charge < -0.3 is 10.5 Å². The Morgan fingerprint density at radius 1 is 1.13 bits per heavy atom. The zero-order chi connectivity index (χ0) is 16.2. The SMILES string of the molecule is Cc1ccc(-c2csc(CCOc3cccc(N)c3)n2)c(C)c1. The third kappa shape index (κ3) is 3.90. The fourth-order valence-corrected chi connectivity index (χ4v) is 3.29. The second-order valence-corrected chi connectivity index (χ2v) is 6.56. The molecule has 2 aromatic carbocycles. The van der Waals surface area contributed by atoms with E-state index in [1.165, 1.54) is 16.7 Å². The number of hydrogen-bond donors (Lipinski definition) is 1.